The Kier molecular flexibility index (Phi) is 5.81. The van der Waals surface area contributed by atoms with E-state index >= 15 is 0 Å². The summed E-state index contributed by atoms with van der Waals surface area (Å²) in [5.41, 5.74) is 5.79. The van der Waals surface area contributed by atoms with Crippen molar-refractivity contribution < 1.29 is 19.1 Å². The highest BCUT2D eigenvalue weighted by molar-refractivity contribution is 5.92. The van der Waals surface area contributed by atoms with Crippen molar-refractivity contribution in [2.75, 3.05) is 13.2 Å². The van der Waals surface area contributed by atoms with Gasteiger partial charge in [0, 0.05) is 23.6 Å². The molecule has 1 aromatic rings. The minimum Gasteiger partial charge on any atom is -0.493 e. The van der Waals surface area contributed by atoms with Crippen LogP contribution < -0.4 is 15.8 Å². The van der Waals surface area contributed by atoms with Gasteiger partial charge in [-0.05, 0) is 50.5 Å². The lowest BCUT2D eigenvalue weighted by atomic mass is 9.60. The molecule has 2 amide bonds. The van der Waals surface area contributed by atoms with Crippen molar-refractivity contribution in [1.82, 2.24) is 5.32 Å². The van der Waals surface area contributed by atoms with E-state index in [9.17, 15) is 9.59 Å². The van der Waals surface area contributed by atoms with Crippen LogP contribution in [0.25, 0.3) is 0 Å². The minimum atomic E-state index is -0.470. The highest BCUT2D eigenvalue weighted by atomic mass is 16.5. The lowest BCUT2D eigenvalue weighted by molar-refractivity contribution is -0.144. The molecule has 3 N–H and O–H groups in total. The van der Waals surface area contributed by atoms with Gasteiger partial charge >= 0.3 is 0 Å². The summed E-state index contributed by atoms with van der Waals surface area (Å²) in [6.07, 6.45) is 6.25. The average Bonchev–Trinajstić information content (AvgIpc) is 3.14. The smallest absolute Gasteiger partial charge is 0.248 e. The molecule has 0 aliphatic heterocycles. The molecule has 2 aliphatic rings. The van der Waals surface area contributed by atoms with Crippen LogP contribution in [0.3, 0.4) is 0 Å². The second kappa shape index (κ2) is 8.08. The van der Waals surface area contributed by atoms with Gasteiger partial charge in [0.15, 0.2) is 0 Å². The van der Waals surface area contributed by atoms with Gasteiger partial charge in [-0.2, -0.15) is 0 Å². The lowest BCUT2D eigenvalue weighted by Gasteiger charge is -2.54. The van der Waals surface area contributed by atoms with Gasteiger partial charge in [0.2, 0.25) is 11.8 Å². The van der Waals surface area contributed by atoms with Crippen molar-refractivity contribution in [3.05, 3.63) is 29.8 Å². The molecule has 0 bridgehead atoms. The van der Waals surface area contributed by atoms with Crippen molar-refractivity contribution in [2.45, 2.75) is 57.6 Å². The molecule has 1 aromatic carbocycles. The molecule has 6 nitrogen and oxygen atoms in total. The molecule has 2 atom stereocenters. The third-order valence-electron chi connectivity index (χ3n) is 5.76. The maximum atomic E-state index is 12.3. The highest BCUT2D eigenvalue weighted by Crippen LogP contribution is 2.54. The maximum Gasteiger partial charge on any atom is 0.248 e. The first-order valence-corrected chi connectivity index (χ1v) is 9.49. The molecule has 2 fully saturated rings. The molecular weight excluding hydrogens is 332 g/mol. The van der Waals surface area contributed by atoms with Gasteiger partial charge in [0.1, 0.15) is 5.75 Å². The van der Waals surface area contributed by atoms with E-state index in [4.69, 9.17) is 15.2 Å². The van der Waals surface area contributed by atoms with Crippen LogP contribution in [0.15, 0.2) is 24.3 Å². The molecule has 1 spiro atoms. The van der Waals surface area contributed by atoms with Crippen molar-refractivity contribution in [3.8, 4) is 5.75 Å². The predicted molar refractivity (Wildman–Crippen MR) is 97.9 cm³/mol. The fraction of sp³-hybridized carbons (Fsp3) is 0.600. The van der Waals surface area contributed by atoms with E-state index in [-0.39, 0.29) is 17.4 Å². The van der Waals surface area contributed by atoms with Crippen LogP contribution in [0.1, 0.15) is 55.8 Å². The summed E-state index contributed by atoms with van der Waals surface area (Å²) in [5, 5.41) is 3.19. The monoisotopic (exact) mass is 360 g/mol. The number of amides is 2. The topological polar surface area (TPSA) is 90.7 Å². The Morgan fingerprint density at radius 2 is 1.92 bits per heavy atom. The second-order valence-electron chi connectivity index (χ2n) is 7.23. The third-order valence-corrected chi connectivity index (χ3v) is 5.76. The first kappa shape index (κ1) is 18.7. The van der Waals surface area contributed by atoms with Crippen LogP contribution in [0.5, 0.6) is 5.75 Å². The van der Waals surface area contributed by atoms with Gasteiger partial charge in [0.05, 0.1) is 19.1 Å². The number of hydrogen-bond acceptors (Lipinski definition) is 4. The normalized spacial score (nSPS) is 23.4. The number of ether oxygens (including phenoxy) is 2. The average molecular weight is 360 g/mol. The van der Waals surface area contributed by atoms with E-state index in [1.807, 2.05) is 6.92 Å². The SMILES string of the molecule is CCO[C@@H]1C[C@@H](NC(=O)CCOc2ccc(C(N)=O)cc2)C12CCCC2. The standard InChI is InChI=1S/C20H28N2O4/c1-2-25-17-13-16(20(17)10-3-4-11-20)22-18(23)9-12-26-15-7-5-14(6-8-15)19(21)24/h5-8,16-17H,2-4,9-13H2,1H3,(H2,21,24)(H,22,23)/t16-,17-/m1/s1. The van der Waals surface area contributed by atoms with Crippen molar-refractivity contribution in [3.63, 3.8) is 0 Å². The van der Waals surface area contributed by atoms with Crippen molar-refractivity contribution in [1.29, 1.82) is 0 Å². The summed E-state index contributed by atoms with van der Waals surface area (Å²) in [6, 6.07) is 6.82. The number of primary amides is 1. The van der Waals surface area contributed by atoms with Gasteiger partial charge in [-0.25, -0.2) is 0 Å². The van der Waals surface area contributed by atoms with E-state index in [1.165, 1.54) is 12.8 Å². The summed E-state index contributed by atoms with van der Waals surface area (Å²) in [5.74, 6) is 0.169. The zero-order valence-corrected chi connectivity index (χ0v) is 15.3. The van der Waals surface area contributed by atoms with Gasteiger partial charge in [0.25, 0.3) is 0 Å². The van der Waals surface area contributed by atoms with Gasteiger partial charge < -0.3 is 20.5 Å². The molecular formula is C20H28N2O4. The number of nitrogens with two attached hydrogens (primary N) is 1. The van der Waals surface area contributed by atoms with E-state index in [0.717, 1.165) is 25.9 Å². The quantitative estimate of drug-likeness (QED) is 0.745. The number of carbonyl (C=O) groups excluding carboxylic acids is 2. The predicted octanol–water partition coefficient (Wildman–Crippen LogP) is 2.41. The minimum absolute atomic E-state index is 0.0185. The Hall–Kier alpha value is -2.08. The van der Waals surface area contributed by atoms with Crippen LogP contribution in [0, 0.1) is 5.41 Å². The number of nitrogens with one attached hydrogen (secondary N) is 1. The third kappa shape index (κ3) is 3.85. The largest absolute Gasteiger partial charge is 0.493 e. The summed E-state index contributed by atoms with van der Waals surface area (Å²) in [6.45, 7) is 3.06. The summed E-state index contributed by atoms with van der Waals surface area (Å²) in [4.78, 5) is 23.3. The molecule has 26 heavy (non-hydrogen) atoms. The van der Waals surface area contributed by atoms with Crippen LogP contribution in [0.4, 0.5) is 0 Å². The van der Waals surface area contributed by atoms with Gasteiger partial charge in [-0.15, -0.1) is 0 Å². The Morgan fingerprint density at radius 3 is 2.54 bits per heavy atom. The Balaban J connectivity index is 1.43. The number of carbonyl (C=O) groups is 2. The first-order valence-electron chi connectivity index (χ1n) is 9.49. The summed E-state index contributed by atoms with van der Waals surface area (Å²) < 4.78 is 11.5. The van der Waals surface area contributed by atoms with E-state index in [0.29, 0.717) is 30.4 Å². The van der Waals surface area contributed by atoms with Gasteiger partial charge in [-0.3, -0.25) is 9.59 Å². The number of hydrogen-bond donors (Lipinski definition) is 2. The van der Waals surface area contributed by atoms with Gasteiger partial charge in [-0.1, -0.05) is 12.8 Å². The fourth-order valence-corrected chi connectivity index (χ4v) is 4.33. The zero-order valence-electron chi connectivity index (χ0n) is 15.3. The van der Waals surface area contributed by atoms with Crippen LogP contribution in [-0.4, -0.2) is 37.2 Å². The molecule has 3 rings (SSSR count). The molecule has 0 saturated heterocycles. The molecule has 2 saturated carbocycles. The molecule has 0 unspecified atom stereocenters. The van der Waals surface area contributed by atoms with E-state index < -0.39 is 5.91 Å². The van der Waals surface area contributed by atoms with Crippen molar-refractivity contribution in [2.24, 2.45) is 11.1 Å². The van der Waals surface area contributed by atoms with Crippen molar-refractivity contribution >= 4 is 11.8 Å². The highest BCUT2D eigenvalue weighted by Gasteiger charge is 2.57. The van der Waals surface area contributed by atoms with E-state index in [2.05, 4.69) is 5.32 Å². The van der Waals surface area contributed by atoms with Crippen LogP contribution in [0.2, 0.25) is 0 Å². The summed E-state index contributed by atoms with van der Waals surface area (Å²) >= 11 is 0. The summed E-state index contributed by atoms with van der Waals surface area (Å²) in [7, 11) is 0. The van der Waals surface area contributed by atoms with E-state index in [1.54, 1.807) is 24.3 Å². The lowest BCUT2D eigenvalue weighted by Crippen LogP contribution is -2.63. The van der Waals surface area contributed by atoms with Crippen LogP contribution in [-0.2, 0) is 9.53 Å². The molecule has 0 aromatic heterocycles. The first-order chi connectivity index (χ1) is 12.5. The molecule has 142 valence electrons. The van der Waals surface area contributed by atoms with Crippen LogP contribution >= 0.6 is 0 Å². The fourth-order valence-electron chi connectivity index (χ4n) is 4.33. The molecule has 0 radical (unpaired) electrons. The number of rotatable bonds is 8. The Bertz CT molecular complexity index is 638. The molecule has 0 heterocycles. The second-order valence-corrected chi connectivity index (χ2v) is 7.23. The Morgan fingerprint density at radius 1 is 1.23 bits per heavy atom. The Labute approximate surface area is 154 Å². The molecule has 6 heteroatoms. The molecule has 2 aliphatic carbocycles. The number of benzene rings is 1. The maximum absolute atomic E-state index is 12.3. The zero-order chi connectivity index (χ0) is 18.6.